The van der Waals surface area contributed by atoms with Crippen LogP contribution in [-0.2, 0) is 4.79 Å². The summed E-state index contributed by atoms with van der Waals surface area (Å²) in [6.07, 6.45) is 1.48. The van der Waals surface area contributed by atoms with Crippen LogP contribution < -0.4 is 5.73 Å². The Morgan fingerprint density at radius 2 is 1.67 bits per heavy atom. The van der Waals surface area contributed by atoms with Crippen molar-refractivity contribution in [1.82, 2.24) is 0 Å². The maximum atomic E-state index is 10.1. The van der Waals surface area contributed by atoms with Crippen molar-refractivity contribution in [3.63, 3.8) is 0 Å². The number of carboxylic acid groups (broad SMARTS) is 1. The molecule has 0 bridgehead atoms. The van der Waals surface area contributed by atoms with E-state index in [2.05, 4.69) is 13.8 Å². The Balaban J connectivity index is 0. The van der Waals surface area contributed by atoms with E-state index in [-0.39, 0.29) is 0 Å². The van der Waals surface area contributed by atoms with Crippen LogP contribution in [0.3, 0.4) is 0 Å². The number of aliphatic hydroxyl groups excluding tert-OH is 1. The van der Waals surface area contributed by atoms with Gasteiger partial charge in [-0.15, -0.1) is 0 Å². The van der Waals surface area contributed by atoms with Crippen LogP contribution in [0.1, 0.15) is 40.5 Å². The van der Waals surface area contributed by atoms with Gasteiger partial charge in [0.05, 0.1) is 0 Å². The lowest BCUT2D eigenvalue weighted by molar-refractivity contribution is -0.138. The molecule has 15 heavy (non-hydrogen) atoms. The van der Waals surface area contributed by atoms with Gasteiger partial charge < -0.3 is 15.9 Å². The zero-order valence-electron chi connectivity index (χ0n) is 10.2. The van der Waals surface area contributed by atoms with Crippen LogP contribution >= 0.6 is 0 Å². The minimum absolute atomic E-state index is 0.331. The summed E-state index contributed by atoms with van der Waals surface area (Å²) in [7, 11) is 0. The lowest BCUT2D eigenvalue weighted by Gasteiger charge is -2.07. The van der Waals surface area contributed by atoms with Crippen LogP contribution in [0.5, 0.6) is 0 Å². The van der Waals surface area contributed by atoms with E-state index in [0.717, 1.165) is 6.42 Å². The first-order valence-electron chi connectivity index (χ1n) is 5.40. The van der Waals surface area contributed by atoms with Gasteiger partial charge in [-0.2, -0.15) is 0 Å². The van der Waals surface area contributed by atoms with E-state index in [4.69, 9.17) is 15.9 Å². The SMILES string of the molecule is CC(C)CC(N)C(=O)O.CC(C)CCO. The van der Waals surface area contributed by atoms with Crippen molar-refractivity contribution in [2.24, 2.45) is 17.6 Å². The smallest absolute Gasteiger partial charge is 0.320 e. The van der Waals surface area contributed by atoms with E-state index in [1.54, 1.807) is 0 Å². The van der Waals surface area contributed by atoms with Crippen molar-refractivity contribution in [3.05, 3.63) is 0 Å². The molecule has 0 heterocycles. The van der Waals surface area contributed by atoms with Gasteiger partial charge in [0.2, 0.25) is 0 Å². The molecule has 0 amide bonds. The van der Waals surface area contributed by atoms with Crippen LogP contribution in [-0.4, -0.2) is 28.8 Å². The average molecular weight is 219 g/mol. The molecule has 92 valence electrons. The molecule has 4 heteroatoms. The molecule has 0 aromatic rings. The molecular weight excluding hydrogens is 194 g/mol. The van der Waals surface area contributed by atoms with E-state index in [1.165, 1.54) is 0 Å². The minimum Gasteiger partial charge on any atom is -0.480 e. The zero-order valence-corrected chi connectivity index (χ0v) is 10.2. The van der Waals surface area contributed by atoms with Gasteiger partial charge in [-0.1, -0.05) is 27.7 Å². The highest BCUT2D eigenvalue weighted by Gasteiger charge is 2.11. The summed E-state index contributed by atoms with van der Waals surface area (Å²) >= 11 is 0. The molecule has 0 saturated heterocycles. The Hall–Kier alpha value is -0.610. The molecule has 0 aromatic heterocycles. The fraction of sp³-hybridized carbons (Fsp3) is 0.909. The molecule has 1 unspecified atom stereocenters. The second-order valence-electron chi connectivity index (χ2n) is 4.48. The van der Waals surface area contributed by atoms with E-state index < -0.39 is 12.0 Å². The maximum Gasteiger partial charge on any atom is 0.320 e. The first-order valence-corrected chi connectivity index (χ1v) is 5.40. The Kier molecular flexibility index (Phi) is 11.1. The third kappa shape index (κ3) is 16.1. The molecule has 0 aliphatic heterocycles. The molecular formula is C11H25NO3. The third-order valence-corrected chi connectivity index (χ3v) is 1.75. The molecule has 0 rings (SSSR count). The highest BCUT2D eigenvalue weighted by atomic mass is 16.4. The molecule has 0 aliphatic rings. The van der Waals surface area contributed by atoms with Crippen molar-refractivity contribution in [2.75, 3.05) is 6.61 Å². The molecule has 0 spiro atoms. The van der Waals surface area contributed by atoms with Gasteiger partial charge in [-0.3, -0.25) is 4.79 Å². The van der Waals surface area contributed by atoms with Gasteiger partial charge in [-0.25, -0.2) is 0 Å². The Labute approximate surface area is 92.5 Å². The van der Waals surface area contributed by atoms with Gasteiger partial charge in [0, 0.05) is 6.61 Å². The Bertz CT molecular complexity index is 158. The molecule has 0 saturated carbocycles. The third-order valence-electron chi connectivity index (χ3n) is 1.75. The summed E-state index contributed by atoms with van der Waals surface area (Å²) in [5.74, 6) is 0.0924. The first-order chi connectivity index (χ1) is 6.81. The fourth-order valence-electron chi connectivity index (χ4n) is 0.867. The predicted octanol–water partition coefficient (Wildman–Crippen LogP) is 1.47. The molecule has 0 fully saturated rings. The molecule has 1 atom stereocenters. The van der Waals surface area contributed by atoms with Crippen LogP contribution in [0, 0.1) is 11.8 Å². The number of aliphatic hydroxyl groups is 1. The van der Waals surface area contributed by atoms with Crippen molar-refractivity contribution >= 4 is 5.97 Å². The monoisotopic (exact) mass is 219 g/mol. The highest BCUT2D eigenvalue weighted by Crippen LogP contribution is 2.01. The normalized spacial score (nSPS) is 12.3. The van der Waals surface area contributed by atoms with E-state index in [9.17, 15) is 4.79 Å². The van der Waals surface area contributed by atoms with Gasteiger partial charge in [0.25, 0.3) is 0 Å². The first kappa shape index (κ1) is 16.8. The summed E-state index contributed by atoms with van der Waals surface area (Å²) in [6, 6.07) is -0.690. The van der Waals surface area contributed by atoms with E-state index in [1.807, 2.05) is 13.8 Å². The Morgan fingerprint density at radius 3 is 1.73 bits per heavy atom. The molecule has 4 N–H and O–H groups in total. The summed E-state index contributed by atoms with van der Waals surface area (Å²) in [5, 5.41) is 16.5. The second-order valence-corrected chi connectivity index (χ2v) is 4.48. The largest absolute Gasteiger partial charge is 0.480 e. The van der Waals surface area contributed by atoms with Crippen LogP contribution in [0.2, 0.25) is 0 Å². The number of aliphatic carboxylic acids is 1. The lowest BCUT2D eigenvalue weighted by atomic mass is 10.1. The van der Waals surface area contributed by atoms with Crippen molar-refractivity contribution in [1.29, 1.82) is 0 Å². The van der Waals surface area contributed by atoms with Crippen LogP contribution in [0.15, 0.2) is 0 Å². The molecule has 0 aromatic carbocycles. The number of rotatable bonds is 5. The predicted molar refractivity (Wildman–Crippen MR) is 61.6 cm³/mol. The Morgan fingerprint density at radius 1 is 1.20 bits per heavy atom. The summed E-state index contributed by atoms with van der Waals surface area (Å²) < 4.78 is 0. The van der Waals surface area contributed by atoms with Crippen LogP contribution in [0.4, 0.5) is 0 Å². The van der Waals surface area contributed by atoms with E-state index >= 15 is 0 Å². The van der Waals surface area contributed by atoms with Gasteiger partial charge in [0.1, 0.15) is 6.04 Å². The maximum absolute atomic E-state index is 10.1. The number of nitrogens with two attached hydrogens (primary N) is 1. The molecule has 4 nitrogen and oxygen atoms in total. The van der Waals surface area contributed by atoms with Gasteiger partial charge >= 0.3 is 5.97 Å². The van der Waals surface area contributed by atoms with Gasteiger partial charge in [0.15, 0.2) is 0 Å². The number of carboxylic acids is 1. The quantitative estimate of drug-likeness (QED) is 0.654. The van der Waals surface area contributed by atoms with Crippen molar-refractivity contribution in [3.8, 4) is 0 Å². The number of carbonyl (C=O) groups is 1. The second kappa shape index (κ2) is 9.93. The van der Waals surface area contributed by atoms with Gasteiger partial charge in [-0.05, 0) is 24.7 Å². The summed E-state index contributed by atoms with van der Waals surface area (Å²) in [5.41, 5.74) is 5.22. The lowest BCUT2D eigenvalue weighted by Crippen LogP contribution is -2.31. The average Bonchev–Trinajstić information content (AvgIpc) is 2.03. The highest BCUT2D eigenvalue weighted by molar-refractivity contribution is 5.72. The standard InChI is InChI=1S/C6H13NO2.C5H12O/c1-4(2)3-5(7)6(8)9;1-5(2)3-4-6/h4-5H,3,7H2,1-2H3,(H,8,9);5-6H,3-4H2,1-2H3. The summed E-state index contributed by atoms with van der Waals surface area (Å²) in [6.45, 7) is 8.41. The van der Waals surface area contributed by atoms with Crippen LogP contribution in [0.25, 0.3) is 0 Å². The van der Waals surface area contributed by atoms with E-state index in [0.29, 0.717) is 24.9 Å². The molecule has 0 radical (unpaired) electrons. The number of hydrogen-bond donors (Lipinski definition) is 3. The molecule has 0 aliphatic carbocycles. The number of hydrogen-bond acceptors (Lipinski definition) is 3. The van der Waals surface area contributed by atoms with Crippen molar-refractivity contribution in [2.45, 2.75) is 46.6 Å². The topological polar surface area (TPSA) is 83.6 Å². The van der Waals surface area contributed by atoms with Crippen molar-refractivity contribution < 1.29 is 15.0 Å². The zero-order chi connectivity index (χ0) is 12.4. The summed E-state index contributed by atoms with van der Waals surface area (Å²) in [4.78, 5) is 10.1. The fourth-order valence-corrected chi connectivity index (χ4v) is 0.867. The minimum atomic E-state index is -0.913.